The highest BCUT2D eigenvalue weighted by Crippen LogP contribution is 2.35. The Kier molecular flexibility index (Phi) is 6.08. The predicted molar refractivity (Wildman–Crippen MR) is 113 cm³/mol. The van der Waals surface area contributed by atoms with Crippen LogP contribution in [0, 0.1) is 0 Å². The van der Waals surface area contributed by atoms with E-state index in [1.165, 1.54) is 12.7 Å². The number of hydrogen-bond donors (Lipinski definition) is 0. The second-order valence-corrected chi connectivity index (χ2v) is 7.39. The summed E-state index contributed by atoms with van der Waals surface area (Å²) in [6.07, 6.45) is -4.57. The summed E-state index contributed by atoms with van der Waals surface area (Å²) < 4.78 is 46.0. The van der Waals surface area contributed by atoms with E-state index in [1.807, 2.05) is 23.1 Å². The third-order valence-corrected chi connectivity index (χ3v) is 5.29. The minimum atomic E-state index is -4.57. The Hall–Kier alpha value is -3.13. The van der Waals surface area contributed by atoms with Gasteiger partial charge in [0.2, 0.25) is 5.95 Å². The van der Waals surface area contributed by atoms with Gasteiger partial charge >= 0.3 is 6.18 Å². The summed E-state index contributed by atoms with van der Waals surface area (Å²) in [5.41, 5.74) is 0.957. The average molecular weight is 428 g/mol. The fraction of sp³-hybridized carbons (Fsp3) is 0.304. The van der Waals surface area contributed by atoms with Gasteiger partial charge in [-0.25, -0.2) is 9.97 Å². The molecule has 0 atom stereocenters. The second kappa shape index (κ2) is 8.93. The van der Waals surface area contributed by atoms with Crippen molar-refractivity contribution in [2.75, 3.05) is 38.2 Å². The lowest BCUT2D eigenvalue weighted by atomic mass is 10.1. The van der Waals surface area contributed by atoms with Crippen molar-refractivity contribution >= 4 is 5.95 Å². The zero-order valence-electron chi connectivity index (χ0n) is 17.1. The quantitative estimate of drug-likeness (QED) is 0.599. The van der Waals surface area contributed by atoms with E-state index in [0.29, 0.717) is 24.4 Å². The number of para-hydroxylation sites is 1. The number of nitrogens with zero attached hydrogens (tertiary/aromatic N) is 4. The molecule has 5 nitrogen and oxygen atoms in total. The van der Waals surface area contributed by atoms with Gasteiger partial charge in [-0.1, -0.05) is 42.5 Å². The molecule has 162 valence electrons. The number of aromatic nitrogens is 2. The topological polar surface area (TPSA) is 41.5 Å². The van der Waals surface area contributed by atoms with Gasteiger partial charge in [-0.15, -0.1) is 0 Å². The summed E-state index contributed by atoms with van der Waals surface area (Å²) in [5.74, 6) is 0.558. The first-order valence-corrected chi connectivity index (χ1v) is 10.0. The van der Waals surface area contributed by atoms with Crippen LogP contribution in [-0.4, -0.2) is 48.2 Å². The number of alkyl halides is 3. The molecular formula is C23H23F3N4O. The summed E-state index contributed by atoms with van der Waals surface area (Å²) in [6.45, 7) is 3.36. The lowest BCUT2D eigenvalue weighted by Gasteiger charge is -2.35. The second-order valence-electron chi connectivity index (χ2n) is 7.39. The number of hydrogen-bond acceptors (Lipinski definition) is 5. The van der Waals surface area contributed by atoms with Gasteiger partial charge in [-0.2, -0.15) is 13.2 Å². The van der Waals surface area contributed by atoms with E-state index in [0.717, 1.165) is 25.7 Å². The van der Waals surface area contributed by atoms with Crippen LogP contribution in [-0.2, 0) is 12.7 Å². The molecule has 3 aromatic rings. The molecule has 0 bridgehead atoms. The number of methoxy groups -OCH3 is 1. The number of anilines is 1. The standard InChI is InChI=1S/C23H23F3N4O/c1-31-20-10-6-5-9-18(20)19-15-21(23(24,25)26)28-22(27-19)30-13-11-29(12-14-30)16-17-7-3-2-4-8-17/h2-10,15H,11-14,16H2,1H3. The van der Waals surface area contributed by atoms with Crippen molar-refractivity contribution in [3.05, 3.63) is 71.9 Å². The van der Waals surface area contributed by atoms with Gasteiger partial charge in [-0.05, 0) is 23.8 Å². The zero-order valence-corrected chi connectivity index (χ0v) is 17.1. The van der Waals surface area contributed by atoms with Crippen molar-refractivity contribution in [2.45, 2.75) is 12.7 Å². The fourth-order valence-electron chi connectivity index (χ4n) is 3.66. The Bertz CT molecular complexity index is 1020. The van der Waals surface area contributed by atoms with Gasteiger partial charge in [0.1, 0.15) is 5.75 Å². The first-order chi connectivity index (χ1) is 14.9. The largest absolute Gasteiger partial charge is 0.496 e. The molecule has 8 heteroatoms. The van der Waals surface area contributed by atoms with E-state index < -0.39 is 11.9 Å². The van der Waals surface area contributed by atoms with Crippen LogP contribution < -0.4 is 9.64 Å². The Morgan fingerprint density at radius 3 is 2.26 bits per heavy atom. The molecule has 0 unspecified atom stereocenters. The summed E-state index contributed by atoms with van der Waals surface area (Å²) in [7, 11) is 1.48. The molecule has 0 amide bonds. The number of ether oxygens (including phenoxy) is 1. The maximum absolute atomic E-state index is 13.6. The molecule has 0 radical (unpaired) electrons. The maximum Gasteiger partial charge on any atom is 0.433 e. The predicted octanol–water partition coefficient (Wildman–Crippen LogP) is 4.49. The highest BCUT2D eigenvalue weighted by Gasteiger charge is 2.35. The van der Waals surface area contributed by atoms with Crippen LogP contribution in [0.15, 0.2) is 60.7 Å². The Morgan fingerprint density at radius 2 is 1.58 bits per heavy atom. The SMILES string of the molecule is COc1ccccc1-c1cc(C(F)(F)F)nc(N2CCN(Cc3ccccc3)CC2)n1. The Balaban J connectivity index is 1.58. The molecule has 0 spiro atoms. The molecule has 31 heavy (non-hydrogen) atoms. The third-order valence-electron chi connectivity index (χ3n) is 5.29. The van der Waals surface area contributed by atoms with Crippen LogP contribution in [0.4, 0.5) is 19.1 Å². The van der Waals surface area contributed by atoms with Crippen molar-refractivity contribution in [1.82, 2.24) is 14.9 Å². The van der Waals surface area contributed by atoms with E-state index in [-0.39, 0.29) is 11.6 Å². The summed E-state index contributed by atoms with van der Waals surface area (Å²) in [5, 5.41) is 0. The van der Waals surface area contributed by atoms with E-state index >= 15 is 0 Å². The van der Waals surface area contributed by atoms with Crippen molar-refractivity contribution in [3.8, 4) is 17.0 Å². The summed E-state index contributed by atoms with van der Waals surface area (Å²) in [4.78, 5) is 12.4. The van der Waals surface area contributed by atoms with Gasteiger partial charge in [0, 0.05) is 38.3 Å². The molecule has 1 saturated heterocycles. The average Bonchev–Trinajstić information content (AvgIpc) is 2.79. The van der Waals surface area contributed by atoms with Crippen LogP contribution in [0.2, 0.25) is 0 Å². The number of piperazine rings is 1. The van der Waals surface area contributed by atoms with E-state index in [1.54, 1.807) is 24.3 Å². The third kappa shape index (κ3) is 4.96. The van der Waals surface area contributed by atoms with Crippen molar-refractivity contribution < 1.29 is 17.9 Å². The van der Waals surface area contributed by atoms with Crippen molar-refractivity contribution in [3.63, 3.8) is 0 Å². The highest BCUT2D eigenvalue weighted by molar-refractivity contribution is 5.68. The number of benzene rings is 2. The van der Waals surface area contributed by atoms with Crippen LogP contribution in [0.5, 0.6) is 5.75 Å². The van der Waals surface area contributed by atoms with Gasteiger partial charge in [-0.3, -0.25) is 4.90 Å². The molecule has 0 saturated carbocycles. The zero-order chi connectivity index (χ0) is 21.8. The molecule has 2 aromatic carbocycles. The molecular weight excluding hydrogens is 405 g/mol. The monoisotopic (exact) mass is 428 g/mol. The van der Waals surface area contributed by atoms with Crippen LogP contribution in [0.3, 0.4) is 0 Å². The van der Waals surface area contributed by atoms with Gasteiger partial charge in [0.25, 0.3) is 0 Å². The van der Waals surface area contributed by atoms with E-state index in [9.17, 15) is 13.2 Å². The normalized spacial score (nSPS) is 15.2. The van der Waals surface area contributed by atoms with Crippen LogP contribution >= 0.6 is 0 Å². The first-order valence-electron chi connectivity index (χ1n) is 10.0. The molecule has 1 aromatic heterocycles. The lowest BCUT2D eigenvalue weighted by Crippen LogP contribution is -2.46. The number of rotatable bonds is 5. The molecule has 1 aliphatic heterocycles. The van der Waals surface area contributed by atoms with Gasteiger partial charge in [0.05, 0.1) is 12.8 Å². The fourth-order valence-corrected chi connectivity index (χ4v) is 3.66. The molecule has 1 aliphatic rings. The molecule has 2 heterocycles. The molecule has 4 rings (SSSR count). The Labute approximate surface area is 179 Å². The minimum Gasteiger partial charge on any atom is -0.496 e. The minimum absolute atomic E-state index is 0.0927. The maximum atomic E-state index is 13.6. The molecule has 0 N–H and O–H groups in total. The van der Waals surface area contributed by atoms with E-state index in [4.69, 9.17) is 4.74 Å². The van der Waals surface area contributed by atoms with Gasteiger partial charge in [0.15, 0.2) is 5.69 Å². The van der Waals surface area contributed by atoms with Gasteiger partial charge < -0.3 is 9.64 Å². The van der Waals surface area contributed by atoms with Crippen LogP contribution in [0.1, 0.15) is 11.3 Å². The van der Waals surface area contributed by atoms with Crippen molar-refractivity contribution in [1.29, 1.82) is 0 Å². The highest BCUT2D eigenvalue weighted by atomic mass is 19.4. The van der Waals surface area contributed by atoms with Crippen LogP contribution in [0.25, 0.3) is 11.3 Å². The Morgan fingerprint density at radius 1 is 0.903 bits per heavy atom. The first kappa shape index (κ1) is 21.1. The lowest BCUT2D eigenvalue weighted by molar-refractivity contribution is -0.141. The number of halogens is 3. The van der Waals surface area contributed by atoms with Crippen molar-refractivity contribution in [2.24, 2.45) is 0 Å². The summed E-state index contributed by atoms with van der Waals surface area (Å²) in [6, 6.07) is 18.0. The van der Waals surface area contributed by atoms with E-state index in [2.05, 4.69) is 27.0 Å². The summed E-state index contributed by atoms with van der Waals surface area (Å²) >= 11 is 0. The smallest absolute Gasteiger partial charge is 0.433 e. The molecule has 0 aliphatic carbocycles. The molecule has 1 fully saturated rings.